The highest BCUT2D eigenvalue weighted by atomic mass is 16.1. The Kier molecular flexibility index (Phi) is 3.02. The smallest absolute Gasteiger partial charge is 0.298 e. The number of aromatic nitrogens is 2. The lowest BCUT2D eigenvalue weighted by atomic mass is 9.92. The molecule has 0 spiro atoms. The van der Waals surface area contributed by atoms with E-state index in [2.05, 4.69) is 10.1 Å². The lowest BCUT2D eigenvalue weighted by molar-refractivity contribution is 0.0994. The number of nitrogens with zero attached hydrogens (tertiary/aromatic N) is 3. The van der Waals surface area contributed by atoms with E-state index in [-0.39, 0.29) is 11.4 Å². The first kappa shape index (κ1) is 12.2. The number of hydrogen-bond donors (Lipinski definition) is 2. The minimum atomic E-state index is -0.481. The summed E-state index contributed by atoms with van der Waals surface area (Å²) in [5, 5.41) is 4.26. The average Bonchev–Trinajstić information content (AvgIpc) is 2.44. The predicted octanol–water partition coefficient (Wildman–Crippen LogP) is 0.131. The molecule has 0 bridgehead atoms. The van der Waals surface area contributed by atoms with Crippen LogP contribution >= 0.6 is 0 Å². The molecular formula is C10H17N5O. The number of guanidine groups is 1. The molecule has 4 N–H and O–H groups in total. The van der Waals surface area contributed by atoms with Gasteiger partial charge in [0.1, 0.15) is 5.69 Å². The van der Waals surface area contributed by atoms with Gasteiger partial charge < -0.3 is 11.5 Å². The van der Waals surface area contributed by atoms with Crippen molar-refractivity contribution in [2.45, 2.75) is 26.2 Å². The van der Waals surface area contributed by atoms with Crippen molar-refractivity contribution in [1.29, 1.82) is 0 Å². The van der Waals surface area contributed by atoms with Crippen LogP contribution in [0.1, 0.15) is 37.0 Å². The van der Waals surface area contributed by atoms with Crippen molar-refractivity contribution in [2.24, 2.45) is 23.5 Å². The summed E-state index contributed by atoms with van der Waals surface area (Å²) in [5.41, 5.74) is 11.4. The van der Waals surface area contributed by atoms with Crippen LogP contribution in [0.2, 0.25) is 0 Å². The molecule has 16 heavy (non-hydrogen) atoms. The predicted molar refractivity (Wildman–Crippen MR) is 62.0 cm³/mol. The molecule has 6 heteroatoms. The molecule has 1 amide bonds. The number of aryl methyl sites for hydroxylation is 1. The molecular weight excluding hydrogens is 206 g/mol. The molecule has 0 unspecified atom stereocenters. The number of aliphatic imine (C=N–C) groups is 1. The van der Waals surface area contributed by atoms with E-state index >= 15 is 0 Å². The fourth-order valence-corrected chi connectivity index (χ4v) is 1.21. The molecule has 0 saturated carbocycles. The molecule has 88 valence electrons. The zero-order valence-corrected chi connectivity index (χ0v) is 9.98. The molecule has 1 aromatic rings. The van der Waals surface area contributed by atoms with Gasteiger partial charge in [-0.2, -0.15) is 10.1 Å². The first-order valence-corrected chi connectivity index (χ1v) is 4.90. The summed E-state index contributed by atoms with van der Waals surface area (Å²) < 4.78 is 1.48. The molecule has 0 radical (unpaired) electrons. The molecule has 1 rings (SSSR count). The summed E-state index contributed by atoms with van der Waals surface area (Å²) >= 11 is 0. The minimum Gasteiger partial charge on any atom is -0.370 e. The quantitative estimate of drug-likeness (QED) is 0.522. The monoisotopic (exact) mass is 223 g/mol. The largest absolute Gasteiger partial charge is 0.370 e. The maximum Gasteiger partial charge on any atom is 0.298 e. The molecule has 1 heterocycles. The minimum absolute atomic E-state index is 0.117. The maximum atomic E-state index is 11.6. The summed E-state index contributed by atoms with van der Waals surface area (Å²) in [6.45, 7) is 6.05. The van der Waals surface area contributed by atoms with Crippen LogP contribution in [0.15, 0.2) is 11.1 Å². The summed E-state index contributed by atoms with van der Waals surface area (Å²) in [5.74, 6) is -0.728. The van der Waals surface area contributed by atoms with Crippen LogP contribution < -0.4 is 11.5 Å². The second kappa shape index (κ2) is 3.96. The van der Waals surface area contributed by atoms with Crippen molar-refractivity contribution in [3.63, 3.8) is 0 Å². The molecule has 0 aliphatic heterocycles. The van der Waals surface area contributed by atoms with Crippen LogP contribution in [-0.2, 0) is 12.5 Å². The zero-order chi connectivity index (χ0) is 12.5. The average molecular weight is 223 g/mol. The van der Waals surface area contributed by atoms with Gasteiger partial charge in [0.05, 0.1) is 5.69 Å². The third-order valence-electron chi connectivity index (χ3n) is 2.10. The topological polar surface area (TPSA) is 99.3 Å². The Balaban J connectivity index is 3.13. The number of carbonyl (C=O) groups is 1. The maximum absolute atomic E-state index is 11.6. The van der Waals surface area contributed by atoms with Gasteiger partial charge in [0.2, 0.25) is 0 Å². The summed E-state index contributed by atoms with van der Waals surface area (Å²) in [6, 6.07) is 1.70. The molecule has 1 aromatic heterocycles. The van der Waals surface area contributed by atoms with Crippen LogP contribution in [0.3, 0.4) is 0 Å². The van der Waals surface area contributed by atoms with E-state index in [1.807, 2.05) is 20.8 Å². The molecule has 0 aliphatic carbocycles. The number of amides is 1. The van der Waals surface area contributed by atoms with E-state index in [4.69, 9.17) is 11.5 Å². The van der Waals surface area contributed by atoms with Gasteiger partial charge in [-0.1, -0.05) is 20.8 Å². The second-order valence-corrected chi connectivity index (χ2v) is 4.63. The third-order valence-corrected chi connectivity index (χ3v) is 2.10. The number of hydrogen-bond acceptors (Lipinski definition) is 2. The standard InChI is InChI=1S/C10H17N5O/c1-10(2,3)7-5-6(15(4)14-7)8(16)13-9(11)12/h5H,1-4H3,(H4,11,12,13,16). The third kappa shape index (κ3) is 2.59. The Hall–Kier alpha value is -1.85. The Morgan fingerprint density at radius 2 is 2.00 bits per heavy atom. The molecule has 0 aromatic carbocycles. The molecule has 0 saturated heterocycles. The lowest BCUT2D eigenvalue weighted by Crippen LogP contribution is -2.24. The second-order valence-electron chi connectivity index (χ2n) is 4.63. The van der Waals surface area contributed by atoms with Gasteiger partial charge in [-0.3, -0.25) is 9.48 Å². The van der Waals surface area contributed by atoms with Gasteiger partial charge in [0.25, 0.3) is 5.91 Å². The van der Waals surface area contributed by atoms with E-state index < -0.39 is 5.91 Å². The summed E-state index contributed by atoms with van der Waals surface area (Å²) in [6.07, 6.45) is 0. The van der Waals surface area contributed by atoms with Gasteiger partial charge in [-0.15, -0.1) is 0 Å². The van der Waals surface area contributed by atoms with Crippen LogP contribution in [-0.4, -0.2) is 21.6 Å². The van der Waals surface area contributed by atoms with Crippen LogP contribution in [0.5, 0.6) is 0 Å². The molecule has 6 nitrogen and oxygen atoms in total. The Morgan fingerprint density at radius 3 is 2.38 bits per heavy atom. The SMILES string of the molecule is Cn1nc(C(C)(C)C)cc1C(=O)N=C(N)N. The first-order valence-electron chi connectivity index (χ1n) is 4.90. The van der Waals surface area contributed by atoms with E-state index in [9.17, 15) is 4.79 Å². The van der Waals surface area contributed by atoms with Crippen molar-refractivity contribution < 1.29 is 4.79 Å². The molecule has 0 atom stereocenters. The van der Waals surface area contributed by atoms with Crippen LogP contribution in [0.25, 0.3) is 0 Å². The van der Waals surface area contributed by atoms with Crippen molar-refractivity contribution in [3.8, 4) is 0 Å². The van der Waals surface area contributed by atoms with Crippen LogP contribution in [0, 0.1) is 0 Å². The van der Waals surface area contributed by atoms with Crippen LogP contribution in [0.4, 0.5) is 0 Å². The number of nitrogens with two attached hydrogens (primary N) is 2. The molecule has 0 fully saturated rings. The fourth-order valence-electron chi connectivity index (χ4n) is 1.21. The van der Waals surface area contributed by atoms with Gasteiger partial charge in [0, 0.05) is 12.5 Å². The van der Waals surface area contributed by atoms with Crippen molar-refractivity contribution in [1.82, 2.24) is 9.78 Å². The van der Waals surface area contributed by atoms with E-state index in [1.54, 1.807) is 13.1 Å². The van der Waals surface area contributed by atoms with Crippen molar-refractivity contribution in [2.75, 3.05) is 0 Å². The lowest BCUT2D eigenvalue weighted by Gasteiger charge is -2.13. The van der Waals surface area contributed by atoms with Gasteiger partial charge >= 0.3 is 0 Å². The Morgan fingerprint density at radius 1 is 1.44 bits per heavy atom. The highest BCUT2D eigenvalue weighted by molar-refractivity contribution is 6.00. The van der Waals surface area contributed by atoms with Crippen molar-refractivity contribution >= 4 is 11.9 Å². The van der Waals surface area contributed by atoms with Crippen molar-refractivity contribution in [3.05, 3.63) is 17.5 Å². The number of rotatable bonds is 1. The first-order chi connectivity index (χ1) is 7.21. The molecule has 0 aliphatic rings. The van der Waals surface area contributed by atoms with Gasteiger partial charge in [-0.05, 0) is 6.07 Å². The highest BCUT2D eigenvalue weighted by Crippen LogP contribution is 2.21. The van der Waals surface area contributed by atoms with E-state index in [0.29, 0.717) is 5.69 Å². The Bertz CT molecular complexity index is 435. The summed E-state index contributed by atoms with van der Waals surface area (Å²) in [4.78, 5) is 15.1. The summed E-state index contributed by atoms with van der Waals surface area (Å²) in [7, 11) is 1.69. The zero-order valence-electron chi connectivity index (χ0n) is 9.98. The van der Waals surface area contributed by atoms with Gasteiger partial charge in [0.15, 0.2) is 5.96 Å². The van der Waals surface area contributed by atoms with Gasteiger partial charge in [-0.25, -0.2) is 0 Å². The normalized spacial score (nSPS) is 11.2. The van der Waals surface area contributed by atoms with E-state index in [0.717, 1.165) is 5.69 Å². The number of carbonyl (C=O) groups excluding carboxylic acids is 1. The fraction of sp³-hybridized carbons (Fsp3) is 0.500. The van der Waals surface area contributed by atoms with E-state index in [1.165, 1.54) is 4.68 Å². The highest BCUT2D eigenvalue weighted by Gasteiger charge is 2.21. The Labute approximate surface area is 94.3 Å².